The van der Waals surface area contributed by atoms with Crippen molar-refractivity contribution in [2.75, 3.05) is 11.9 Å². The van der Waals surface area contributed by atoms with Gasteiger partial charge in [0.15, 0.2) is 6.61 Å². The van der Waals surface area contributed by atoms with Gasteiger partial charge in [-0.2, -0.15) is 13.2 Å². The predicted molar refractivity (Wildman–Crippen MR) is 64.9 cm³/mol. The van der Waals surface area contributed by atoms with Crippen LogP contribution in [0.4, 0.5) is 18.9 Å². The van der Waals surface area contributed by atoms with E-state index in [9.17, 15) is 18.0 Å². The van der Waals surface area contributed by atoms with Crippen LogP contribution in [0.2, 0.25) is 0 Å². The smallest absolute Gasteiger partial charge is 0.422 e. The Morgan fingerprint density at radius 2 is 1.95 bits per heavy atom. The van der Waals surface area contributed by atoms with Crippen molar-refractivity contribution >= 4 is 11.6 Å². The zero-order valence-electron chi connectivity index (χ0n) is 10.3. The van der Waals surface area contributed by atoms with Gasteiger partial charge in [0.1, 0.15) is 5.75 Å². The average molecular weight is 276 g/mol. The van der Waals surface area contributed by atoms with Crippen molar-refractivity contribution in [3.63, 3.8) is 0 Å². The van der Waals surface area contributed by atoms with Gasteiger partial charge in [0.25, 0.3) is 0 Å². The predicted octanol–water partition coefficient (Wildman–Crippen LogP) is 2.30. The molecule has 0 bridgehead atoms. The van der Waals surface area contributed by atoms with E-state index in [4.69, 9.17) is 5.73 Å². The highest BCUT2D eigenvalue weighted by atomic mass is 19.4. The first kappa shape index (κ1) is 15.3. The molecule has 7 heteroatoms. The minimum absolute atomic E-state index is 0.0788. The summed E-state index contributed by atoms with van der Waals surface area (Å²) in [5.41, 5.74) is 5.98. The van der Waals surface area contributed by atoms with Crippen molar-refractivity contribution in [1.82, 2.24) is 0 Å². The van der Waals surface area contributed by atoms with E-state index in [1.165, 1.54) is 24.3 Å². The van der Waals surface area contributed by atoms with Gasteiger partial charge in [-0.1, -0.05) is 6.92 Å². The number of anilines is 1. The number of hydrogen-bond acceptors (Lipinski definition) is 3. The number of ether oxygens (including phenoxy) is 1. The SMILES string of the molecule is CCC(N)C(=O)Nc1ccc(OCC(F)(F)F)cc1. The number of alkyl halides is 3. The monoisotopic (exact) mass is 276 g/mol. The summed E-state index contributed by atoms with van der Waals surface area (Å²) in [7, 11) is 0. The first-order valence-corrected chi connectivity index (χ1v) is 5.68. The molecule has 1 atom stereocenters. The molecular weight excluding hydrogens is 261 g/mol. The minimum Gasteiger partial charge on any atom is -0.484 e. The second kappa shape index (κ2) is 6.42. The fraction of sp³-hybridized carbons (Fsp3) is 0.417. The van der Waals surface area contributed by atoms with Gasteiger partial charge in [0, 0.05) is 5.69 Å². The van der Waals surface area contributed by atoms with Crippen LogP contribution < -0.4 is 15.8 Å². The molecule has 3 N–H and O–H groups in total. The van der Waals surface area contributed by atoms with Crippen LogP contribution in [0.3, 0.4) is 0 Å². The van der Waals surface area contributed by atoms with Gasteiger partial charge in [0.05, 0.1) is 6.04 Å². The lowest BCUT2D eigenvalue weighted by Gasteiger charge is -2.11. The number of carbonyl (C=O) groups is 1. The molecule has 19 heavy (non-hydrogen) atoms. The Hall–Kier alpha value is -1.76. The van der Waals surface area contributed by atoms with Gasteiger partial charge in [-0.3, -0.25) is 4.79 Å². The summed E-state index contributed by atoms with van der Waals surface area (Å²) >= 11 is 0. The number of nitrogens with two attached hydrogens (primary N) is 1. The van der Waals surface area contributed by atoms with Crippen LogP contribution in [-0.4, -0.2) is 24.7 Å². The highest BCUT2D eigenvalue weighted by Crippen LogP contribution is 2.20. The topological polar surface area (TPSA) is 64.4 Å². The number of halogens is 3. The Morgan fingerprint density at radius 1 is 1.37 bits per heavy atom. The zero-order chi connectivity index (χ0) is 14.5. The second-order valence-corrected chi connectivity index (χ2v) is 3.93. The molecule has 1 amide bonds. The summed E-state index contributed by atoms with van der Waals surface area (Å²) in [6, 6.07) is 4.98. The van der Waals surface area contributed by atoms with Gasteiger partial charge in [0.2, 0.25) is 5.91 Å². The second-order valence-electron chi connectivity index (χ2n) is 3.93. The van der Waals surface area contributed by atoms with E-state index in [1.807, 2.05) is 0 Å². The standard InChI is InChI=1S/C12H15F3N2O2/c1-2-10(16)11(18)17-8-3-5-9(6-4-8)19-7-12(13,14)15/h3-6,10H,2,7,16H2,1H3,(H,17,18). The summed E-state index contributed by atoms with van der Waals surface area (Å²) in [5.74, 6) is -0.262. The summed E-state index contributed by atoms with van der Waals surface area (Å²) in [6.45, 7) is 0.428. The normalized spacial score (nSPS) is 12.9. The van der Waals surface area contributed by atoms with Crippen LogP contribution >= 0.6 is 0 Å². The van der Waals surface area contributed by atoms with Crippen molar-refractivity contribution in [1.29, 1.82) is 0 Å². The van der Waals surface area contributed by atoms with E-state index in [1.54, 1.807) is 6.92 Å². The van der Waals surface area contributed by atoms with Crippen LogP contribution in [0.25, 0.3) is 0 Å². The molecule has 1 rings (SSSR count). The van der Waals surface area contributed by atoms with Gasteiger partial charge >= 0.3 is 6.18 Å². The molecule has 0 fully saturated rings. The molecule has 1 aromatic rings. The quantitative estimate of drug-likeness (QED) is 0.867. The van der Waals surface area contributed by atoms with E-state index in [2.05, 4.69) is 10.1 Å². The van der Waals surface area contributed by atoms with Crippen LogP contribution in [0.1, 0.15) is 13.3 Å². The molecule has 4 nitrogen and oxygen atoms in total. The Balaban J connectivity index is 2.54. The fourth-order valence-electron chi connectivity index (χ4n) is 1.22. The molecule has 0 radical (unpaired) electrons. The molecule has 0 aromatic heterocycles. The van der Waals surface area contributed by atoms with E-state index in [0.717, 1.165) is 0 Å². The van der Waals surface area contributed by atoms with Crippen molar-refractivity contribution in [3.8, 4) is 5.75 Å². The molecule has 0 aliphatic rings. The van der Waals surface area contributed by atoms with Crippen molar-refractivity contribution in [2.24, 2.45) is 5.73 Å². The molecule has 1 aromatic carbocycles. The number of amides is 1. The zero-order valence-corrected chi connectivity index (χ0v) is 10.3. The molecule has 0 aliphatic heterocycles. The largest absolute Gasteiger partial charge is 0.484 e. The van der Waals surface area contributed by atoms with Crippen molar-refractivity contribution < 1.29 is 22.7 Å². The molecule has 0 aliphatic carbocycles. The number of nitrogens with one attached hydrogen (secondary N) is 1. The summed E-state index contributed by atoms with van der Waals surface area (Å²) in [4.78, 5) is 11.5. The maximum atomic E-state index is 11.9. The van der Waals surface area contributed by atoms with Crippen LogP contribution in [0.15, 0.2) is 24.3 Å². The number of benzene rings is 1. The molecular formula is C12H15F3N2O2. The highest BCUT2D eigenvalue weighted by Gasteiger charge is 2.28. The van der Waals surface area contributed by atoms with Gasteiger partial charge in [-0.15, -0.1) is 0 Å². The van der Waals surface area contributed by atoms with Gasteiger partial charge in [-0.05, 0) is 30.7 Å². The van der Waals surface area contributed by atoms with Crippen molar-refractivity contribution in [3.05, 3.63) is 24.3 Å². The third-order valence-corrected chi connectivity index (χ3v) is 2.30. The summed E-state index contributed by atoms with van der Waals surface area (Å²) in [6.07, 6.45) is -3.88. The number of carbonyl (C=O) groups excluding carboxylic acids is 1. The first-order chi connectivity index (χ1) is 8.81. The maximum Gasteiger partial charge on any atom is 0.422 e. The van der Waals surface area contributed by atoms with E-state index in [0.29, 0.717) is 12.1 Å². The van der Waals surface area contributed by atoms with Crippen LogP contribution in [0, 0.1) is 0 Å². The Kier molecular flexibility index (Phi) is 5.17. The number of rotatable bonds is 5. The van der Waals surface area contributed by atoms with Crippen LogP contribution in [0.5, 0.6) is 5.75 Å². The lowest BCUT2D eigenvalue weighted by Crippen LogP contribution is -2.34. The third kappa shape index (κ3) is 5.60. The number of hydrogen-bond donors (Lipinski definition) is 2. The molecule has 0 saturated heterocycles. The third-order valence-electron chi connectivity index (χ3n) is 2.30. The Morgan fingerprint density at radius 3 is 2.42 bits per heavy atom. The average Bonchev–Trinajstić information content (AvgIpc) is 2.36. The molecule has 0 spiro atoms. The molecule has 0 saturated carbocycles. The minimum atomic E-state index is -4.37. The highest BCUT2D eigenvalue weighted by molar-refractivity contribution is 5.94. The van der Waals surface area contributed by atoms with Crippen LogP contribution in [-0.2, 0) is 4.79 Å². The van der Waals surface area contributed by atoms with E-state index < -0.39 is 18.8 Å². The van der Waals surface area contributed by atoms with Gasteiger partial charge < -0.3 is 15.8 Å². The fourth-order valence-corrected chi connectivity index (χ4v) is 1.22. The van der Waals surface area contributed by atoms with E-state index >= 15 is 0 Å². The van der Waals surface area contributed by atoms with Gasteiger partial charge in [-0.25, -0.2) is 0 Å². The maximum absolute atomic E-state index is 11.9. The Bertz CT molecular complexity index is 418. The molecule has 1 unspecified atom stereocenters. The lowest BCUT2D eigenvalue weighted by atomic mass is 10.2. The summed E-state index contributed by atoms with van der Waals surface area (Å²) in [5, 5.41) is 2.55. The van der Waals surface area contributed by atoms with E-state index in [-0.39, 0.29) is 11.7 Å². The first-order valence-electron chi connectivity index (χ1n) is 5.68. The lowest BCUT2D eigenvalue weighted by molar-refractivity contribution is -0.153. The summed E-state index contributed by atoms with van der Waals surface area (Å²) < 4.78 is 40.3. The molecule has 0 heterocycles. The van der Waals surface area contributed by atoms with Crippen molar-refractivity contribution in [2.45, 2.75) is 25.6 Å². The Labute approximate surface area is 108 Å². The molecule has 106 valence electrons.